The average Bonchev–Trinajstić information content (AvgIpc) is 3.10. The fraction of sp³-hybridized carbons (Fsp3) is 0.286. The van der Waals surface area contributed by atoms with Gasteiger partial charge >= 0.3 is 0 Å². The van der Waals surface area contributed by atoms with Gasteiger partial charge in [-0.25, -0.2) is 9.97 Å². The van der Waals surface area contributed by atoms with Crippen molar-refractivity contribution >= 4 is 11.8 Å². The number of hydrogen-bond donors (Lipinski definition) is 1. The highest BCUT2D eigenvalue weighted by Gasteiger charge is 2.26. The Kier molecular flexibility index (Phi) is 5.33. The topological polar surface area (TPSA) is 101 Å². The number of rotatable bonds is 5. The first-order valence-electron chi connectivity index (χ1n) is 9.48. The van der Waals surface area contributed by atoms with E-state index in [4.69, 9.17) is 4.42 Å². The number of aryl methyl sites for hydroxylation is 2. The van der Waals surface area contributed by atoms with Gasteiger partial charge in [0.1, 0.15) is 11.5 Å². The van der Waals surface area contributed by atoms with Gasteiger partial charge in [-0.15, -0.1) is 0 Å². The van der Waals surface area contributed by atoms with Crippen LogP contribution in [0.15, 0.2) is 47.3 Å². The minimum Gasteiger partial charge on any atom is -0.465 e. The fourth-order valence-corrected chi connectivity index (χ4v) is 3.28. The maximum Gasteiger partial charge on any atom is 0.257 e. The summed E-state index contributed by atoms with van der Waals surface area (Å²) in [6.45, 7) is 2.63. The van der Waals surface area contributed by atoms with Gasteiger partial charge in [0.15, 0.2) is 5.82 Å². The fourth-order valence-electron chi connectivity index (χ4n) is 3.28. The molecule has 0 spiro atoms. The second-order valence-corrected chi connectivity index (χ2v) is 6.91. The molecule has 0 fully saturated rings. The first-order valence-corrected chi connectivity index (χ1v) is 9.48. The van der Waals surface area contributed by atoms with Gasteiger partial charge in [0.2, 0.25) is 5.91 Å². The maximum absolute atomic E-state index is 12.9. The van der Waals surface area contributed by atoms with Crippen molar-refractivity contribution in [2.75, 3.05) is 13.1 Å². The van der Waals surface area contributed by atoms with E-state index in [1.165, 1.54) is 0 Å². The smallest absolute Gasteiger partial charge is 0.257 e. The molecular formula is C21H21N5O3. The van der Waals surface area contributed by atoms with Crippen molar-refractivity contribution < 1.29 is 14.0 Å². The quantitative estimate of drug-likeness (QED) is 0.715. The van der Waals surface area contributed by atoms with Crippen molar-refractivity contribution in [3.8, 4) is 11.4 Å². The highest BCUT2D eigenvalue weighted by molar-refractivity contribution is 5.97. The van der Waals surface area contributed by atoms with Crippen LogP contribution in [0.3, 0.4) is 0 Å². The van der Waals surface area contributed by atoms with Crippen LogP contribution < -0.4 is 5.32 Å². The minimum atomic E-state index is -0.231. The van der Waals surface area contributed by atoms with E-state index in [9.17, 15) is 9.59 Å². The minimum absolute atomic E-state index is 0.00985. The van der Waals surface area contributed by atoms with Crippen molar-refractivity contribution in [3.63, 3.8) is 0 Å². The molecule has 8 heteroatoms. The largest absolute Gasteiger partial charge is 0.465 e. The molecule has 0 radical (unpaired) electrons. The van der Waals surface area contributed by atoms with Crippen molar-refractivity contribution in [2.45, 2.75) is 26.3 Å². The molecule has 0 saturated heterocycles. The SMILES string of the molecule is Cc1ccc(CNC(=O)CN2CCCc3nc(-c4ccncc4)ncc3C2=O)o1. The molecule has 1 N–H and O–H groups in total. The maximum atomic E-state index is 12.9. The number of pyridine rings is 1. The van der Waals surface area contributed by atoms with E-state index < -0.39 is 0 Å². The number of carbonyl (C=O) groups excluding carboxylic acids is 2. The summed E-state index contributed by atoms with van der Waals surface area (Å²) in [4.78, 5) is 39.7. The molecule has 0 atom stereocenters. The molecule has 2 amide bonds. The molecule has 4 rings (SSSR count). The predicted molar refractivity (Wildman–Crippen MR) is 105 cm³/mol. The average molecular weight is 391 g/mol. The molecule has 4 heterocycles. The predicted octanol–water partition coefficient (Wildman–Crippen LogP) is 2.14. The van der Waals surface area contributed by atoms with Gasteiger partial charge < -0.3 is 14.6 Å². The van der Waals surface area contributed by atoms with E-state index in [1.807, 2.05) is 31.2 Å². The molecular weight excluding hydrogens is 370 g/mol. The summed E-state index contributed by atoms with van der Waals surface area (Å²) in [5.74, 6) is 1.59. The molecule has 29 heavy (non-hydrogen) atoms. The first-order chi connectivity index (χ1) is 14.1. The van der Waals surface area contributed by atoms with Gasteiger partial charge in [-0.1, -0.05) is 0 Å². The van der Waals surface area contributed by atoms with E-state index in [0.29, 0.717) is 42.4 Å². The summed E-state index contributed by atoms with van der Waals surface area (Å²) in [5, 5.41) is 2.79. The number of fused-ring (bicyclic) bond motifs is 1. The zero-order valence-corrected chi connectivity index (χ0v) is 16.1. The number of nitrogens with zero attached hydrogens (tertiary/aromatic N) is 4. The Hall–Kier alpha value is -3.55. The number of furan rings is 1. The highest BCUT2D eigenvalue weighted by atomic mass is 16.3. The van der Waals surface area contributed by atoms with E-state index in [-0.39, 0.29) is 18.4 Å². The van der Waals surface area contributed by atoms with Gasteiger partial charge in [0, 0.05) is 30.7 Å². The lowest BCUT2D eigenvalue weighted by Gasteiger charge is -2.20. The van der Waals surface area contributed by atoms with Crippen LogP contribution in [-0.4, -0.2) is 44.8 Å². The molecule has 0 saturated carbocycles. The molecule has 0 aliphatic carbocycles. The lowest BCUT2D eigenvalue weighted by molar-refractivity contribution is -0.122. The molecule has 0 aromatic carbocycles. The molecule has 1 aliphatic rings. The third-order valence-electron chi connectivity index (χ3n) is 4.76. The van der Waals surface area contributed by atoms with Crippen LogP contribution in [-0.2, 0) is 17.8 Å². The van der Waals surface area contributed by atoms with E-state index in [0.717, 1.165) is 17.7 Å². The molecule has 3 aromatic heterocycles. The number of hydrogen-bond acceptors (Lipinski definition) is 6. The van der Waals surface area contributed by atoms with Crippen LogP contribution in [0.1, 0.15) is 34.0 Å². The second kappa shape index (κ2) is 8.22. The first kappa shape index (κ1) is 18.8. The van der Waals surface area contributed by atoms with Gasteiger partial charge in [0.05, 0.1) is 24.3 Å². The Morgan fingerprint density at radius 3 is 2.83 bits per heavy atom. The monoisotopic (exact) mass is 391 g/mol. The highest BCUT2D eigenvalue weighted by Crippen LogP contribution is 2.20. The summed E-state index contributed by atoms with van der Waals surface area (Å²) >= 11 is 0. The number of aromatic nitrogens is 3. The summed E-state index contributed by atoms with van der Waals surface area (Å²) in [6.07, 6.45) is 6.31. The molecule has 1 aliphatic heterocycles. The van der Waals surface area contributed by atoms with Crippen molar-refractivity contribution in [1.29, 1.82) is 0 Å². The van der Waals surface area contributed by atoms with Gasteiger partial charge in [-0.3, -0.25) is 14.6 Å². The zero-order chi connectivity index (χ0) is 20.2. The number of nitrogens with one attached hydrogen (secondary N) is 1. The second-order valence-electron chi connectivity index (χ2n) is 6.91. The van der Waals surface area contributed by atoms with Crippen LogP contribution in [0.4, 0.5) is 0 Å². The Labute approximate surface area is 168 Å². The summed E-state index contributed by atoms with van der Waals surface area (Å²) in [5.41, 5.74) is 2.02. The standard InChI is InChI=1S/C21H21N5O3/c1-14-4-5-16(29-14)11-23-19(27)13-26-10-2-3-18-17(21(26)28)12-24-20(25-18)15-6-8-22-9-7-15/h4-9,12H,2-3,10-11,13H2,1H3,(H,23,27). The van der Waals surface area contributed by atoms with Crippen LogP contribution in [0, 0.1) is 6.92 Å². The molecule has 148 valence electrons. The molecule has 8 nitrogen and oxygen atoms in total. The van der Waals surface area contributed by atoms with Gasteiger partial charge in [-0.05, 0) is 44.0 Å². The van der Waals surface area contributed by atoms with E-state index >= 15 is 0 Å². The van der Waals surface area contributed by atoms with Crippen LogP contribution in [0.5, 0.6) is 0 Å². The third kappa shape index (κ3) is 4.31. The van der Waals surface area contributed by atoms with Crippen molar-refractivity contribution in [2.24, 2.45) is 0 Å². The van der Waals surface area contributed by atoms with E-state index in [2.05, 4.69) is 20.3 Å². The Balaban J connectivity index is 1.44. The normalized spacial score (nSPS) is 13.7. The van der Waals surface area contributed by atoms with Gasteiger partial charge in [0.25, 0.3) is 5.91 Å². The van der Waals surface area contributed by atoms with Crippen LogP contribution >= 0.6 is 0 Å². The van der Waals surface area contributed by atoms with Gasteiger partial charge in [-0.2, -0.15) is 0 Å². The lowest BCUT2D eigenvalue weighted by atomic mass is 10.1. The van der Waals surface area contributed by atoms with Crippen LogP contribution in [0.2, 0.25) is 0 Å². The van der Waals surface area contributed by atoms with Crippen molar-refractivity contribution in [3.05, 3.63) is 65.6 Å². The van der Waals surface area contributed by atoms with E-state index in [1.54, 1.807) is 23.5 Å². The Morgan fingerprint density at radius 1 is 1.24 bits per heavy atom. The number of amides is 2. The molecule has 3 aromatic rings. The number of carbonyl (C=O) groups is 2. The molecule has 0 unspecified atom stereocenters. The Bertz CT molecular complexity index is 1030. The Morgan fingerprint density at radius 2 is 2.07 bits per heavy atom. The summed E-state index contributed by atoms with van der Waals surface area (Å²) < 4.78 is 5.44. The lowest BCUT2D eigenvalue weighted by Crippen LogP contribution is -2.40. The summed E-state index contributed by atoms with van der Waals surface area (Å²) in [7, 11) is 0. The van der Waals surface area contributed by atoms with Crippen molar-refractivity contribution in [1.82, 2.24) is 25.2 Å². The van der Waals surface area contributed by atoms with Crippen LogP contribution in [0.25, 0.3) is 11.4 Å². The summed E-state index contributed by atoms with van der Waals surface area (Å²) in [6, 6.07) is 7.33. The molecule has 0 bridgehead atoms. The zero-order valence-electron chi connectivity index (χ0n) is 16.1. The third-order valence-corrected chi connectivity index (χ3v) is 4.76.